The minimum Gasteiger partial charge on any atom is -0.324 e. The largest absolute Gasteiger partial charge is 0.418 e. The summed E-state index contributed by atoms with van der Waals surface area (Å²) in [4.78, 5) is 12.8. The molecule has 10 heteroatoms. The van der Waals surface area contributed by atoms with E-state index in [0.717, 1.165) is 16.4 Å². The van der Waals surface area contributed by atoms with Crippen molar-refractivity contribution in [2.75, 3.05) is 11.9 Å². The highest BCUT2D eigenvalue weighted by Crippen LogP contribution is 2.35. The van der Waals surface area contributed by atoms with Crippen LogP contribution in [0.25, 0.3) is 0 Å². The first-order valence-electron chi connectivity index (χ1n) is 8.85. The Morgan fingerprint density at radius 1 is 1.07 bits per heavy atom. The SMILES string of the molecule is O=C(Nc1ccccc1C(F)(F)F)[C@@H]1CCCCN1S(=O)(=O)c1ccc(Cl)cc1. The summed E-state index contributed by atoms with van der Waals surface area (Å²) < 4.78 is 66.7. The standard InChI is InChI=1S/C19H18ClF3N2O3S/c20-13-8-10-14(11-9-13)29(27,28)25-12-4-3-7-17(25)18(26)24-16-6-2-1-5-15(16)19(21,22)23/h1-2,5-6,8-11,17H,3-4,7,12H2,(H,24,26)/t17-/m0/s1. The van der Waals surface area contributed by atoms with E-state index in [1.165, 1.54) is 36.4 Å². The fourth-order valence-electron chi connectivity index (χ4n) is 3.25. The van der Waals surface area contributed by atoms with E-state index in [0.29, 0.717) is 17.9 Å². The fourth-order valence-corrected chi connectivity index (χ4v) is 5.03. The molecule has 0 radical (unpaired) electrons. The molecule has 1 atom stereocenters. The van der Waals surface area contributed by atoms with Gasteiger partial charge in [0.25, 0.3) is 0 Å². The summed E-state index contributed by atoms with van der Waals surface area (Å²) in [5.74, 6) is -0.793. The second-order valence-corrected chi connectivity index (χ2v) is 8.94. The first kappa shape index (κ1) is 21.6. The van der Waals surface area contributed by atoms with Crippen molar-refractivity contribution in [3.05, 3.63) is 59.1 Å². The van der Waals surface area contributed by atoms with Crippen molar-refractivity contribution in [3.63, 3.8) is 0 Å². The van der Waals surface area contributed by atoms with Crippen molar-refractivity contribution in [1.29, 1.82) is 0 Å². The molecule has 0 aliphatic carbocycles. The molecule has 5 nitrogen and oxygen atoms in total. The Labute approximate surface area is 171 Å². The number of anilines is 1. The molecule has 0 spiro atoms. The molecule has 1 aliphatic heterocycles. The summed E-state index contributed by atoms with van der Waals surface area (Å²) >= 11 is 5.80. The van der Waals surface area contributed by atoms with Crippen LogP contribution in [-0.4, -0.2) is 31.2 Å². The van der Waals surface area contributed by atoms with Crippen LogP contribution in [0.3, 0.4) is 0 Å². The highest BCUT2D eigenvalue weighted by molar-refractivity contribution is 7.89. The van der Waals surface area contributed by atoms with Crippen molar-refractivity contribution < 1.29 is 26.4 Å². The molecule has 0 aromatic heterocycles. The summed E-state index contributed by atoms with van der Waals surface area (Å²) in [6.45, 7) is 0.101. The van der Waals surface area contributed by atoms with Gasteiger partial charge in [0.15, 0.2) is 0 Å². The minimum absolute atomic E-state index is 0.0303. The first-order chi connectivity index (χ1) is 13.6. The molecule has 1 aliphatic rings. The molecule has 156 valence electrons. The Morgan fingerprint density at radius 2 is 1.72 bits per heavy atom. The summed E-state index contributed by atoms with van der Waals surface area (Å²) in [7, 11) is -4.01. The molecule has 0 unspecified atom stereocenters. The van der Waals surface area contributed by atoms with Crippen LogP contribution < -0.4 is 5.32 Å². The Kier molecular flexibility index (Phi) is 6.21. The Morgan fingerprint density at radius 3 is 2.38 bits per heavy atom. The van der Waals surface area contributed by atoms with Gasteiger partial charge >= 0.3 is 6.18 Å². The number of benzene rings is 2. The predicted octanol–water partition coefficient (Wildman–Crippen LogP) is 4.54. The minimum atomic E-state index is -4.65. The van der Waals surface area contributed by atoms with E-state index in [1.807, 2.05) is 0 Å². The molecular weight excluding hydrogens is 429 g/mol. The maximum absolute atomic E-state index is 13.2. The van der Waals surface area contributed by atoms with E-state index in [9.17, 15) is 26.4 Å². The van der Waals surface area contributed by atoms with Crippen LogP contribution in [0.2, 0.25) is 5.02 Å². The van der Waals surface area contributed by atoms with Gasteiger partial charge in [-0.05, 0) is 49.2 Å². The van der Waals surface area contributed by atoms with Crippen molar-refractivity contribution in [2.45, 2.75) is 36.4 Å². The van der Waals surface area contributed by atoms with Crippen LogP contribution in [0.5, 0.6) is 0 Å². The second kappa shape index (κ2) is 8.33. The summed E-state index contributed by atoms with van der Waals surface area (Å²) in [5, 5.41) is 2.62. The number of amides is 1. The van der Waals surface area contributed by atoms with Crippen LogP contribution >= 0.6 is 11.6 Å². The number of sulfonamides is 1. The van der Waals surface area contributed by atoms with E-state index in [2.05, 4.69) is 5.32 Å². The average molecular weight is 447 g/mol. The van der Waals surface area contributed by atoms with Gasteiger partial charge in [-0.25, -0.2) is 8.42 Å². The number of halogens is 4. The van der Waals surface area contributed by atoms with Gasteiger partial charge in [0.1, 0.15) is 6.04 Å². The van der Waals surface area contributed by atoms with E-state index >= 15 is 0 Å². The molecular formula is C19H18ClF3N2O3S. The highest BCUT2D eigenvalue weighted by Gasteiger charge is 2.39. The van der Waals surface area contributed by atoms with E-state index in [4.69, 9.17) is 11.6 Å². The van der Waals surface area contributed by atoms with Crippen molar-refractivity contribution in [1.82, 2.24) is 4.31 Å². The molecule has 1 saturated heterocycles. The molecule has 29 heavy (non-hydrogen) atoms. The van der Waals surface area contributed by atoms with Crippen molar-refractivity contribution in [2.24, 2.45) is 0 Å². The number of hydrogen-bond donors (Lipinski definition) is 1. The third-order valence-corrected chi connectivity index (χ3v) is 6.84. The monoisotopic (exact) mass is 446 g/mol. The number of carbonyl (C=O) groups excluding carboxylic acids is 1. The third-order valence-electron chi connectivity index (χ3n) is 4.67. The molecule has 0 bridgehead atoms. The van der Waals surface area contributed by atoms with Crippen LogP contribution in [0.15, 0.2) is 53.4 Å². The Hall–Kier alpha value is -2.10. The average Bonchev–Trinajstić information content (AvgIpc) is 2.68. The summed E-state index contributed by atoms with van der Waals surface area (Å²) in [6, 6.07) is 9.00. The molecule has 2 aromatic rings. The Balaban J connectivity index is 1.89. The normalized spacial score (nSPS) is 18.4. The van der Waals surface area contributed by atoms with Crippen LogP contribution in [-0.2, 0) is 21.0 Å². The van der Waals surface area contributed by atoms with Crippen molar-refractivity contribution in [3.8, 4) is 0 Å². The Bertz CT molecular complexity index is 995. The zero-order chi connectivity index (χ0) is 21.2. The molecule has 3 rings (SSSR count). The number of nitrogens with zero attached hydrogens (tertiary/aromatic N) is 1. The molecule has 0 saturated carbocycles. The van der Waals surface area contributed by atoms with Gasteiger partial charge in [-0.2, -0.15) is 17.5 Å². The number of carbonyl (C=O) groups is 1. The van der Waals surface area contributed by atoms with Crippen LogP contribution in [0, 0.1) is 0 Å². The lowest BCUT2D eigenvalue weighted by Crippen LogP contribution is -2.49. The van der Waals surface area contributed by atoms with Crippen molar-refractivity contribution >= 4 is 33.2 Å². The smallest absolute Gasteiger partial charge is 0.324 e. The second-order valence-electron chi connectivity index (χ2n) is 6.61. The van der Waals surface area contributed by atoms with Gasteiger partial charge in [0, 0.05) is 11.6 Å². The lowest BCUT2D eigenvalue weighted by molar-refractivity contribution is -0.137. The molecule has 1 amide bonds. The van der Waals surface area contributed by atoms with Gasteiger partial charge < -0.3 is 5.32 Å². The van der Waals surface area contributed by atoms with Gasteiger partial charge in [0.2, 0.25) is 15.9 Å². The van der Waals surface area contributed by atoms with Gasteiger partial charge in [0.05, 0.1) is 16.1 Å². The topological polar surface area (TPSA) is 66.5 Å². The fraction of sp³-hybridized carbons (Fsp3) is 0.316. The number of para-hydroxylation sites is 1. The zero-order valence-corrected chi connectivity index (χ0v) is 16.7. The highest BCUT2D eigenvalue weighted by atomic mass is 35.5. The number of piperidine rings is 1. The van der Waals surface area contributed by atoms with E-state index in [-0.39, 0.29) is 17.9 Å². The molecule has 1 N–H and O–H groups in total. The number of hydrogen-bond acceptors (Lipinski definition) is 3. The predicted molar refractivity (Wildman–Crippen MR) is 103 cm³/mol. The maximum Gasteiger partial charge on any atom is 0.418 e. The molecule has 2 aromatic carbocycles. The van der Waals surface area contributed by atoms with E-state index in [1.54, 1.807) is 0 Å². The maximum atomic E-state index is 13.2. The number of rotatable bonds is 4. The van der Waals surface area contributed by atoms with E-state index < -0.39 is 39.4 Å². The first-order valence-corrected chi connectivity index (χ1v) is 10.7. The third kappa shape index (κ3) is 4.73. The molecule has 1 fully saturated rings. The van der Waals surface area contributed by atoms with Crippen LogP contribution in [0.1, 0.15) is 24.8 Å². The summed E-state index contributed by atoms with van der Waals surface area (Å²) in [6.07, 6.45) is -3.29. The summed E-state index contributed by atoms with van der Waals surface area (Å²) in [5.41, 5.74) is -1.39. The zero-order valence-electron chi connectivity index (χ0n) is 15.1. The lowest BCUT2D eigenvalue weighted by atomic mass is 10.0. The van der Waals surface area contributed by atoms with Crippen LogP contribution in [0.4, 0.5) is 18.9 Å². The van der Waals surface area contributed by atoms with Gasteiger partial charge in [-0.3, -0.25) is 4.79 Å². The number of nitrogens with one attached hydrogen (secondary N) is 1. The number of alkyl halides is 3. The van der Waals surface area contributed by atoms with Gasteiger partial charge in [-0.1, -0.05) is 30.2 Å². The van der Waals surface area contributed by atoms with Gasteiger partial charge in [-0.15, -0.1) is 0 Å². The molecule has 1 heterocycles. The quantitative estimate of drug-likeness (QED) is 0.749. The lowest BCUT2D eigenvalue weighted by Gasteiger charge is -2.33.